The van der Waals surface area contributed by atoms with Gasteiger partial charge in [0, 0.05) is 12.8 Å². The van der Waals surface area contributed by atoms with Gasteiger partial charge in [-0.1, -0.05) is 0 Å². The zero-order valence-corrected chi connectivity index (χ0v) is 6.52. The highest BCUT2D eigenvalue weighted by Crippen LogP contribution is 2.51. The van der Waals surface area contributed by atoms with Crippen LogP contribution in [0.15, 0.2) is 0 Å². The number of rotatable bonds is 1. The van der Waals surface area contributed by atoms with Crippen molar-refractivity contribution >= 4 is 0 Å². The zero-order chi connectivity index (χ0) is 9.04. The number of hydrogen-bond donors (Lipinski definition) is 2. The molecule has 0 aromatic carbocycles. The molecule has 1 saturated carbocycles. The van der Waals surface area contributed by atoms with Gasteiger partial charge in [0.1, 0.15) is 5.60 Å². The van der Waals surface area contributed by atoms with Crippen LogP contribution in [-0.4, -0.2) is 35.4 Å². The Labute approximate surface area is 68.5 Å². The zero-order valence-electron chi connectivity index (χ0n) is 6.52. The first-order valence-electron chi connectivity index (χ1n) is 3.84. The summed E-state index contributed by atoms with van der Waals surface area (Å²) in [7, 11) is 0. The lowest BCUT2D eigenvalue weighted by molar-refractivity contribution is -0.269. The van der Waals surface area contributed by atoms with Gasteiger partial charge in [0.25, 0.3) is 5.92 Å². The number of aliphatic hydroxyl groups is 1. The third-order valence-electron chi connectivity index (χ3n) is 2.76. The van der Waals surface area contributed by atoms with Gasteiger partial charge in [0.15, 0.2) is 0 Å². The van der Waals surface area contributed by atoms with Crippen molar-refractivity contribution in [2.45, 2.75) is 29.9 Å². The minimum absolute atomic E-state index is 0.0829. The summed E-state index contributed by atoms with van der Waals surface area (Å²) in [4.78, 5) is 0. The summed E-state index contributed by atoms with van der Waals surface area (Å²) in [5.41, 5.74) is 3.26. The van der Waals surface area contributed by atoms with Crippen molar-refractivity contribution in [1.82, 2.24) is 0 Å². The summed E-state index contributed by atoms with van der Waals surface area (Å²) < 4.78 is 29.7. The Hall–Kier alpha value is -0.260. The highest BCUT2D eigenvalue weighted by Gasteiger charge is 2.66. The van der Waals surface area contributed by atoms with Crippen LogP contribution < -0.4 is 5.73 Å². The molecule has 0 bridgehead atoms. The third-order valence-corrected chi connectivity index (χ3v) is 2.76. The van der Waals surface area contributed by atoms with Crippen molar-refractivity contribution in [3.63, 3.8) is 0 Å². The van der Waals surface area contributed by atoms with E-state index in [2.05, 4.69) is 0 Å². The van der Waals surface area contributed by atoms with E-state index in [0.717, 1.165) is 0 Å². The molecule has 0 aromatic rings. The van der Waals surface area contributed by atoms with Crippen molar-refractivity contribution in [3.05, 3.63) is 0 Å². The van der Waals surface area contributed by atoms with Crippen LogP contribution in [0.25, 0.3) is 0 Å². The molecule has 0 atom stereocenters. The Balaban J connectivity index is 2.06. The summed E-state index contributed by atoms with van der Waals surface area (Å²) in [6, 6.07) is 0. The molecule has 2 rings (SSSR count). The topological polar surface area (TPSA) is 55.5 Å². The van der Waals surface area contributed by atoms with E-state index in [1.165, 1.54) is 0 Å². The third kappa shape index (κ3) is 0.901. The molecule has 1 saturated heterocycles. The first-order chi connectivity index (χ1) is 5.37. The summed E-state index contributed by atoms with van der Waals surface area (Å²) in [6.45, 7) is 0.166. The molecular weight excluding hydrogens is 168 g/mol. The first-order valence-corrected chi connectivity index (χ1v) is 3.84. The quantitative estimate of drug-likeness (QED) is 0.589. The molecule has 0 unspecified atom stereocenters. The first kappa shape index (κ1) is 8.34. The van der Waals surface area contributed by atoms with Crippen LogP contribution in [0.1, 0.15) is 12.8 Å². The van der Waals surface area contributed by atoms with E-state index >= 15 is 0 Å². The highest BCUT2D eigenvalue weighted by molar-refractivity contribution is 5.17. The monoisotopic (exact) mass is 179 g/mol. The fourth-order valence-electron chi connectivity index (χ4n) is 1.78. The molecule has 3 nitrogen and oxygen atoms in total. The van der Waals surface area contributed by atoms with Gasteiger partial charge in [-0.05, 0) is 0 Å². The molecule has 0 amide bonds. The molecule has 2 fully saturated rings. The van der Waals surface area contributed by atoms with Gasteiger partial charge in [-0.25, -0.2) is 8.78 Å². The van der Waals surface area contributed by atoms with Crippen molar-refractivity contribution in [2.24, 2.45) is 5.73 Å². The van der Waals surface area contributed by atoms with Crippen LogP contribution in [0.5, 0.6) is 0 Å². The van der Waals surface area contributed by atoms with E-state index in [1.54, 1.807) is 0 Å². The van der Waals surface area contributed by atoms with Gasteiger partial charge < -0.3 is 15.6 Å². The average Bonchev–Trinajstić information content (AvgIpc) is 1.77. The van der Waals surface area contributed by atoms with Crippen LogP contribution >= 0.6 is 0 Å². The van der Waals surface area contributed by atoms with Gasteiger partial charge >= 0.3 is 0 Å². The second-order valence-corrected chi connectivity index (χ2v) is 3.89. The predicted octanol–water partition coefficient (Wildman–Crippen LogP) is -0.126. The smallest absolute Gasteiger partial charge is 0.251 e. The maximum atomic E-state index is 12.5. The summed E-state index contributed by atoms with van der Waals surface area (Å²) >= 11 is 0. The molecule has 2 aliphatic rings. The maximum Gasteiger partial charge on any atom is 0.251 e. The largest absolute Gasteiger partial charge is 0.383 e. The number of hydrogen-bond acceptors (Lipinski definition) is 3. The lowest BCUT2D eigenvalue weighted by Crippen LogP contribution is -2.77. The number of nitrogens with two attached hydrogens (primary N) is 1. The molecule has 12 heavy (non-hydrogen) atoms. The molecule has 1 heterocycles. The van der Waals surface area contributed by atoms with Crippen LogP contribution in [0.4, 0.5) is 8.78 Å². The molecule has 1 aliphatic heterocycles. The molecule has 3 N–H and O–H groups in total. The average molecular weight is 179 g/mol. The van der Waals surface area contributed by atoms with Crippen LogP contribution in [0, 0.1) is 0 Å². The summed E-state index contributed by atoms with van der Waals surface area (Å²) in [6.07, 6.45) is -0.861. The number of alkyl halides is 2. The normalized spacial score (nSPS) is 35.0. The molecule has 1 aliphatic carbocycles. The van der Waals surface area contributed by atoms with E-state index < -0.39 is 29.9 Å². The van der Waals surface area contributed by atoms with E-state index in [-0.39, 0.29) is 13.2 Å². The predicted molar refractivity (Wildman–Crippen MR) is 36.9 cm³/mol. The Morgan fingerprint density at radius 2 is 1.75 bits per heavy atom. The Morgan fingerprint density at radius 3 is 2.00 bits per heavy atom. The maximum absolute atomic E-state index is 12.5. The van der Waals surface area contributed by atoms with Crippen molar-refractivity contribution in [3.8, 4) is 0 Å². The number of halogens is 2. The van der Waals surface area contributed by atoms with E-state index in [1.807, 2.05) is 0 Å². The van der Waals surface area contributed by atoms with E-state index in [9.17, 15) is 13.9 Å². The Bertz CT molecular complexity index is 207. The lowest BCUT2D eigenvalue weighted by atomic mass is 9.63. The molecule has 0 aromatic heterocycles. The van der Waals surface area contributed by atoms with Gasteiger partial charge in [-0.15, -0.1) is 0 Å². The molecular formula is C7H11F2NO2. The SMILES string of the molecule is NC1(C2(O)COC2)CC(F)(F)C1. The van der Waals surface area contributed by atoms with Crippen LogP contribution in [0.3, 0.4) is 0 Å². The molecule has 0 radical (unpaired) electrons. The van der Waals surface area contributed by atoms with E-state index in [0.29, 0.717) is 0 Å². The van der Waals surface area contributed by atoms with Crippen molar-refractivity contribution < 1.29 is 18.6 Å². The minimum atomic E-state index is -2.69. The second kappa shape index (κ2) is 1.97. The summed E-state index contributed by atoms with van der Waals surface area (Å²) in [5.74, 6) is -2.69. The summed E-state index contributed by atoms with van der Waals surface area (Å²) in [5, 5.41) is 9.64. The fraction of sp³-hybridized carbons (Fsp3) is 1.00. The van der Waals surface area contributed by atoms with Gasteiger partial charge in [0.05, 0.1) is 18.8 Å². The van der Waals surface area contributed by atoms with Gasteiger partial charge in [-0.2, -0.15) is 0 Å². The Morgan fingerprint density at radius 1 is 1.25 bits per heavy atom. The standard InChI is InChI=1S/C7H11F2NO2/c8-7(9)1-5(10,2-7)6(11)3-12-4-6/h11H,1-4,10H2. The molecule has 0 spiro atoms. The molecule has 5 heteroatoms. The van der Waals surface area contributed by atoms with Crippen LogP contribution in [-0.2, 0) is 4.74 Å². The Kier molecular flexibility index (Phi) is 1.37. The minimum Gasteiger partial charge on any atom is -0.383 e. The van der Waals surface area contributed by atoms with Crippen LogP contribution in [0.2, 0.25) is 0 Å². The second-order valence-electron chi connectivity index (χ2n) is 3.89. The van der Waals surface area contributed by atoms with E-state index in [4.69, 9.17) is 10.5 Å². The van der Waals surface area contributed by atoms with Crippen molar-refractivity contribution in [2.75, 3.05) is 13.2 Å². The lowest BCUT2D eigenvalue weighted by Gasteiger charge is -2.57. The van der Waals surface area contributed by atoms with Gasteiger partial charge in [0.2, 0.25) is 0 Å². The number of ether oxygens (including phenoxy) is 1. The molecule has 70 valence electrons. The van der Waals surface area contributed by atoms with Crippen molar-refractivity contribution in [1.29, 1.82) is 0 Å². The highest BCUT2D eigenvalue weighted by atomic mass is 19.3. The fourth-order valence-corrected chi connectivity index (χ4v) is 1.78. The van der Waals surface area contributed by atoms with Gasteiger partial charge in [-0.3, -0.25) is 0 Å².